The number of anilines is 1. The van der Waals surface area contributed by atoms with E-state index in [1.54, 1.807) is 0 Å². The minimum absolute atomic E-state index is 0.0829. The summed E-state index contributed by atoms with van der Waals surface area (Å²) < 4.78 is 1.04. The smallest absolute Gasteiger partial charge is 0.319 e. The van der Waals surface area contributed by atoms with E-state index < -0.39 is 0 Å². The van der Waals surface area contributed by atoms with Crippen LogP contribution in [0.4, 0.5) is 10.5 Å². The van der Waals surface area contributed by atoms with Crippen LogP contribution in [0.3, 0.4) is 0 Å². The van der Waals surface area contributed by atoms with E-state index in [-0.39, 0.29) is 6.03 Å². The van der Waals surface area contributed by atoms with Gasteiger partial charge in [-0.25, -0.2) is 4.79 Å². The summed E-state index contributed by atoms with van der Waals surface area (Å²) in [7, 11) is 0. The largest absolute Gasteiger partial charge is 0.335 e. The molecule has 104 valence electrons. The molecular formula is C15H21BrN2O. The average molecular weight is 325 g/mol. The molecule has 2 N–H and O–H groups in total. The van der Waals surface area contributed by atoms with Crippen LogP contribution in [0.25, 0.3) is 0 Å². The third-order valence-corrected chi connectivity index (χ3v) is 4.13. The van der Waals surface area contributed by atoms with Gasteiger partial charge in [-0.1, -0.05) is 35.2 Å². The first-order valence-electron chi connectivity index (χ1n) is 6.90. The molecule has 2 amide bonds. The van der Waals surface area contributed by atoms with Crippen LogP contribution >= 0.6 is 15.9 Å². The fourth-order valence-electron chi connectivity index (χ4n) is 2.69. The lowest BCUT2D eigenvalue weighted by atomic mass is 9.96. The first-order valence-corrected chi connectivity index (χ1v) is 7.70. The Morgan fingerprint density at radius 1 is 1.16 bits per heavy atom. The number of benzene rings is 1. The molecule has 1 aromatic rings. The van der Waals surface area contributed by atoms with Crippen LogP contribution in [0.2, 0.25) is 0 Å². The fraction of sp³-hybridized carbons (Fsp3) is 0.533. The summed E-state index contributed by atoms with van der Waals surface area (Å²) >= 11 is 3.46. The number of hydrogen-bond donors (Lipinski definition) is 2. The van der Waals surface area contributed by atoms with Crippen LogP contribution in [0.1, 0.15) is 43.2 Å². The standard InChI is InChI=1S/C15H21BrN2O/c1-10-8-12(16)9-11(2)14(10)18-15(19)17-13-6-4-3-5-7-13/h8-9,13H,3-7H2,1-2H3,(H2,17,18,19). The highest BCUT2D eigenvalue weighted by Crippen LogP contribution is 2.25. The molecule has 0 atom stereocenters. The normalized spacial score (nSPS) is 16.2. The minimum Gasteiger partial charge on any atom is -0.335 e. The molecule has 0 spiro atoms. The third-order valence-electron chi connectivity index (χ3n) is 3.68. The molecule has 0 bridgehead atoms. The zero-order valence-electron chi connectivity index (χ0n) is 11.6. The summed E-state index contributed by atoms with van der Waals surface area (Å²) in [6, 6.07) is 4.29. The van der Waals surface area contributed by atoms with Crippen molar-refractivity contribution in [2.45, 2.75) is 52.0 Å². The summed E-state index contributed by atoms with van der Waals surface area (Å²) in [5.74, 6) is 0. The van der Waals surface area contributed by atoms with E-state index in [2.05, 4.69) is 26.6 Å². The molecule has 4 heteroatoms. The summed E-state index contributed by atoms with van der Waals surface area (Å²) in [6.07, 6.45) is 5.95. The second-order valence-corrected chi connectivity index (χ2v) is 6.26. The lowest BCUT2D eigenvalue weighted by Crippen LogP contribution is -2.39. The maximum Gasteiger partial charge on any atom is 0.319 e. The number of carbonyl (C=O) groups excluding carboxylic acids is 1. The van der Waals surface area contributed by atoms with Gasteiger partial charge in [-0.3, -0.25) is 0 Å². The quantitative estimate of drug-likeness (QED) is 0.825. The van der Waals surface area contributed by atoms with E-state index in [0.29, 0.717) is 6.04 Å². The van der Waals surface area contributed by atoms with Crippen LogP contribution < -0.4 is 10.6 Å². The Morgan fingerprint density at radius 2 is 1.74 bits per heavy atom. The fourth-order valence-corrected chi connectivity index (χ4v) is 3.38. The zero-order chi connectivity index (χ0) is 13.8. The number of carbonyl (C=O) groups is 1. The molecule has 2 rings (SSSR count). The molecule has 0 radical (unpaired) electrons. The van der Waals surface area contributed by atoms with Crippen LogP contribution in [-0.4, -0.2) is 12.1 Å². The third kappa shape index (κ3) is 3.96. The number of amides is 2. The summed E-state index contributed by atoms with van der Waals surface area (Å²) in [5, 5.41) is 6.06. The lowest BCUT2D eigenvalue weighted by molar-refractivity contribution is 0.244. The number of urea groups is 1. The number of aryl methyl sites for hydroxylation is 2. The lowest BCUT2D eigenvalue weighted by Gasteiger charge is -2.23. The Labute approximate surface area is 123 Å². The van der Waals surface area contributed by atoms with E-state index in [0.717, 1.165) is 34.1 Å². The van der Waals surface area contributed by atoms with Crippen molar-refractivity contribution in [2.75, 3.05) is 5.32 Å². The van der Waals surface area contributed by atoms with Crippen molar-refractivity contribution >= 4 is 27.6 Å². The van der Waals surface area contributed by atoms with Crippen molar-refractivity contribution in [1.82, 2.24) is 5.32 Å². The van der Waals surface area contributed by atoms with Gasteiger partial charge in [0, 0.05) is 16.2 Å². The highest BCUT2D eigenvalue weighted by Gasteiger charge is 2.16. The van der Waals surface area contributed by atoms with Gasteiger partial charge in [0.2, 0.25) is 0 Å². The predicted octanol–water partition coefficient (Wildman–Crippen LogP) is 4.52. The maximum atomic E-state index is 12.0. The van der Waals surface area contributed by atoms with E-state index in [1.165, 1.54) is 19.3 Å². The Morgan fingerprint density at radius 3 is 2.32 bits per heavy atom. The molecule has 3 nitrogen and oxygen atoms in total. The van der Waals surface area contributed by atoms with E-state index in [4.69, 9.17) is 0 Å². The van der Waals surface area contributed by atoms with E-state index in [9.17, 15) is 4.79 Å². The average Bonchev–Trinajstić information content (AvgIpc) is 2.35. The van der Waals surface area contributed by atoms with Crippen LogP contribution in [-0.2, 0) is 0 Å². The number of hydrogen-bond acceptors (Lipinski definition) is 1. The first-order chi connectivity index (χ1) is 9.06. The van der Waals surface area contributed by atoms with Gasteiger partial charge in [-0.05, 0) is 49.9 Å². The monoisotopic (exact) mass is 324 g/mol. The molecule has 0 unspecified atom stereocenters. The summed E-state index contributed by atoms with van der Waals surface area (Å²) in [5.41, 5.74) is 3.06. The predicted molar refractivity (Wildman–Crippen MR) is 82.6 cm³/mol. The molecule has 0 aliphatic heterocycles. The van der Waals surface area contributed by atoms with Crippen LogP contribution in [0.5, 0.6) is 0 Å². The van der Waals surface area contributed by atoms with Gasteiger partial charge in [0.1, 0.15) is 0 Å². The van der Waals surface area contributed by atoms with Gasteiger partial charge in [0.15, 0.2) is 0 Å². The van der Waals surface area contributed by atoms with E-state index in [1.807, 2.05) is 26.0 Å². The van der Waals surface area contributed by atoms with Gasteiger partial charge in [-0.2, -0.15) is 0 Å². The molecule has 1 aliphatic rings. The number of rotatable bonds is 2. The van der Waals surface area contributed by atoms with Crippen molar-refractivity contribution in [3.63, 3.8) is 0 Å². The van der Waals surface area contributed by atoms with Crippen molar-refractivity contribution < 1.29 is 4.79 Å². The Balaban J connectivity index is 1.98. The molecule has 1 aromatic carbocycles. The van der Waals surface area contributed by atoms with Gasteiger partial charge in [0.05, 0.1) is 0 Å². The molecular weight excluding hydrogens is 304 g/mol. The second-order valence-electron chi connectivity index (χ2n) is 5.35. The topological polar surface area (TPSA) is 41.1 Å². The molecule has 0 heterocycles. The van der Waals surface area contributed by atoms with Gasteiger partial charge in [-0.15, -0.1) is 0 Å². The Kier molecular flexibility index (Phi) is 4.86. The van der Waals surface area contributed by atoms with Gasteiger partial charge >= 0.3 is 6.03 Å². The highest BCUT2D eigenvalue weighted by atomic mass is 79.9. The van der Waals surface area contributed by atoms with Crippen molar-refractivity contribution in [1.29, 1.82) is 0 Å². The zero-order valence-corrected chi connectivity index (χ0v) is 13.1. The molecule has 1 aliphatic carbocycles. The molecule has 19 heavy (non-hydrogen) atoms. The number of halogens is 1. The SMILES string of the molecule is Cc1cc(Br)cc(C)c1NC(=O)NC1CCCCC1. The Hall–Kier alpha value is -1.03. The van der Waals surface area contributed by atoms with Crippen LogP contribution in [0.15, 0.2) is 16.6 Å². The first kappa shape index (κ1) is 14.4. The summed E-state index contributed by atoms with van der Waals surface area (Å²) in [4.78, 5) is 12.0. The molecule has 0 saturated heterocycles. The van der Waals surface area contributed by atoms with Gasteiger partial charge in [0.25, 0.3) is 0 Å². The van der Waals surface area contributed by atoms with Crippen molar-refractivity contribution in [2.24, 2.45) is 0 Å². The highest BCUT2D eigenvalue weighted by molar-refractivity contribution is 9.10. The van der Waals surface area contributed by atoms with Crippen molar-refractivity contribution in [3.8, 4) is 0 Å². The molecule has 1 fully saturated rings. The van der Waals surface area contributed by atoms with Crippen LogP contribution in [0, 0.1) is 13.8 Å². The molecule has 1 saturated carbocycles. The van der Waals surface area contributed by atoms with Gasteiger partial charge < -0.3 is 10.6 Å². The van der Waals surface area contributed by atoms with Crippen molar-refractivity contribution in [3.05, 3.63) is 27.7 Å². The Bertz CT molecular complexity index is 444. The minimum atomic E-state index is -0.0829. The molecule has 0 aromatic heterocycles. The summed E-state index contributed by atoms with van der Waals surface area (Å²) in [6.45, 7) is 4.02. The van der Waals surface area contributed by atoms with E-state index >= 15 is 0 Å². The second kappa shape index (κ2) is 6.42. The maximum absolute atomic E-state index is 12.0. The number of nitrogens with one attached hydrogen (secondary N) is 2.